The molecule has 1 nitrogen and oxygen atoms in total. The van der Waals surface area contributed by atoms with Crippen LogP contribution in [0.4, 0.5) is 0 Å². The molecule has 1 radical (unpaired) electrons. The minimum absolute atomic E-state index is 0.680. The first kappa shape index (κ1) is 11.3. The third-order valence-electron chi connectivity index (χ3n) is 2.42. The van der Waals surface area contributed by atoms with Crippen molar-refractivity contribution >= 4 is 0 Å². The number of hydrogen-bond donors (Lipinski definition) is 0. The molecule has 77 valence electrons. The van der Waals surface area contributed by atoms with Gasteiger partial charge in [-0.1, -0.05) is 44.5 Å². The van der Waals surface area contributed by atoms with Gasteiger partial charge < -0.3 is 4.74 Å². The topological polar surface area (TPSA) is 9.23 Å². The number of ether oxygens (including phenoxy) is 1. The monoisotopic (exact) mass is 191 g/mol. The van der Waals surface area contributed by atoms with E-state index < -0.39 is 0 Å². The van der Waals surface area contributed by atoms with Gasteiger partial charge in [-0.05, 0) is 24.0 Å². The molecule has 1 atom stereocenters. The third kappa shape index (κ3) is 4.43. The highest BCUT2D eigenvalue weighted by Gasteiger charge is 1.98. The molecule has 0 spiro atoms. The molecule has 0 amide bonds. The first-order valence-electron chi connectivity index (χ1n) is 5.35. The molecule has 0 aliphatic heterocycles. The SMILES string of the molecule is CCC(C)COCCc1cc[c]cc1. The first-order chi connectivity index (χ1) is 6.83. The van der Waals surface area contributed by atoms with E-state index in [4.69, 9.17) is 4.74 Å². The second kappa shape index (κ2) is 6.61. The molecule has 0 aliphatic carbocycles. The van der Waals surface area contributed by atoms with E-state index in [9.17, 15) is 0 Å². The summed E-state index contributed by atoms with van der Waals surface area (Å²) in [6, 6.07) is 11.1. The summed E-state index contributed by atoms with van der Waals surface area (Å²) in [6.45, 7) is 6.13. The van der Waals surface area contributed by atoms with Crippen LogP contribution in [-0.4, -0.2) is 13.2 Å². The van der Waals surface area contributed by atoms with Gasteiger partial charge in [-0.2, -0.15) is 0 Å². The van der Waals surface area contributed by atoms with Crippen LogP contribution in [0.2, 0.25) is 0 Å². The van der Waals surface area contributed by atoms with Crippen LogP contribution in [0.5, 0.6) is 0 Å². The molecule has 0 bridgehead atoms. The van der Waals surface area contributed by atoms with Crippen LogP contribution in [0.1, 0.15) is 25.8 Å². The van der Waals surface area contributed by atoms with Crippen molar-refractivity contribution in [2.75, 3.05) is 13.2 Å². The summed E-state index contributed by atoms with van der Waals surface area (Å²) < 4.78 is 5.58. The number of rotatable bonds is 6. The predicted molar refractivity (Wildman–Crippen MR) is 59.3 cm³/mol. The van der Waals surface area contributed by atoms with Crippen molar-refractivity contribution in [1.29, 1.82) is 0 Å². The fraction of sp³-hybridized carbons (Fsp3) is 0.538. The molecule has 0 N–H and O–H groups in total. The Morgan fingerprint density at radius 2 is 2.07 bits per heavy atom. The first-order valence-corrected chi connectivity index (χ1v) is 5.35. The van der Waals surface area contributed by atoms with Crippen molar-refractivity contribution in [3.05, 3.63) is 35.9 Å². The number of hydrogen-bond acceptors (Lipinski definition) is 1. The van der Waals surface area contributed by atoms with Crippen molar-refractivity contribution in [3.63, 3.8) is 0 Å². The minimum Gasteiger partial charge on any atom is -0.381 e. The Hall–Kier alpha value is -0.820. The molecule has 1 aromatic rings. The maximum absolute atomic E-state index is 5.58. The Morgan fingerprint density at radius 1 is 1.36 bits per heavy atom. The summed E-state index contributed by atoms with van der Waals surface area (Å²) in [6.07, 6.45) is 2.20. The second-order valence-corrected chi connectivity index (χ2v) is 3.75. The highest BCUT2D eigenvalue weighted by Crippen LogP contribution is 2.03. The molecule has 0 saturated carbocycles. The predicted octanol–water partition coefficient (Wildman–Crippen LogP) is 3.09. The Balaban J connectivity index is 2.10. The molecule has 14 heavy (non-hydrogen) atoms. The van der Waals surface area contributed by atoms with Crippen molar-refractivity contribution < 1.29 is 4.74 Å². The molecule has 1 rings (SSSR count). The van der Waals surface area contributed by atoms with Gasteiger partial charge in [0.1, 0.15) is 0 Å². The van der Waals surface area contributed by atoms with Crippen LogP contribution in [0.15, 0.2) is 24.3 Å². The zero-order chi connectivity index (χ0) is 10.2. The summed E-state index contributed by atoms with van der Waals surface area (Å²) in [5.74, 6) is 0.680. The van der Waals surface area contributed by atoms with E-state index in [2.05, 4.69) is 32.0 Å². The third-order valence-corrected chi connectivity index (χ3v) is 2.42. The zero-order valence-electron chi connectivity index (χ0n) is 9.12. The van der Waals surface area contributed by atoms with Gasteiger partial charge in [0.25, 0.3) is 0 Å². The number of benzene rings is 1. The summed E-state index contributed by atoms with van der Waals surface area (Å²) in [5, 5.41) is 0. The van der Waals surface area contributed by atoms with Gasteiger partial charge >= 0.3 is 0 Å². The molecule has 0 aromatic heterocycles. The lowest BCUT2D eigenvalue weighted by molar-refractivity contribution is 0.106. The van der Waals surface area contributed by atoms with E-state index in [0.29, 0.717) is 5.92 Å². The van der Waals surface area contributed by atoms with E-state index in [1.54, 1.807) is 0 Å². The van der Waals surface area contributed by atoms with Gasteiger partial charge in [0.2, 0.25) is 0 Å². The minimum atomic E-state index is 0.680. The highest BCUT2D eigenvalue weighted by molar-refractivity contribution is 5.13. The summed E-state index contributed by atoms with van der Waals surface area (Å²) in [4.78, 5) is 0. The van der Waals surface area contributed by atoms with Crippen molar-refractivity contribution in [2.45, 2.75) is 26.7 Å². The van der Waals surface area contributed by atoms with Gasteiger partial charge in [0, 0.05) is 6.61 Å². The van der Waals surface area contributed by atoms with Gasteiger partial charge in [0.15, 0.2) is 0 Å². The lowest BCUT2D eigenvalue weighted by atomic mass is 10.1. The van der Waals surface area contributed by atoms with Crippen LogP contribution < -0.4 is 0 Å². The van der Waals surface area contributed by atoms with Gasteiger partial charge in [-0.3, -0.25) is 0 Å². The lowest BCUT2D eigenvalue weighted by Gasteiger charge is -2.09. The molecule has 0 saturated heterocycles. The average molecular weight is 191 g/mol. The van der Waals surface area contributed by atoms with Gasteiger partial charge in [-0.25, -0.2) is 0 Å². The van der Waals surface area contributed by atoms with Crippen molar-refractivity contribution in [3.8, 4) is 0 Å². The van der Waals surface area contributed by atoms with Crippen LogP contribution >= 0.6 is 0 Å². The van der Waals surface area contributed by atoms with Crippen LogP contribution in [0, 0.1) is 12.0 Å². The average Bonchev–Trinajstić information content (AvgIpc) is 2.25. The Kier molecular flexibility index (Phi) is 5.31. The van der Waals surface area contributed by atoms with Gasteiger partial charge in [-0.15, -0.1) is 0 Å². The summed E-state index contributed by atoms with van der Waals surface area (Å²) in [7, 11) is 0. The molecule has 1 aromatic carbocycles. The molecule has 1 unspecified atom stereocenters. The standard InChI is InChI=1S/C13H19O/c1-3-12(2)11-14-10-9-13-7-5-4-6-8-13/h5-8,12H,3,9-11H2,1-2H3. The van der Waals surface area contributed by atoms with E-state index in [1.165, 1.54) is 12.0 Å². The van der Waals surface area contributed by atoms with E-state index in [1.807, 2.05) is 12.1 Å². The Labute approximate surface area is 87.1 Å². The summed E-state index contributed by atoms with van der Waals surface area (Å²) in [5.41, 5.74) is 1.33. The normalized spacial score (nSPS) is 12.7. The molecule has 0 heterocycles. The smallest absolute Gasteiger partial charge is 0.0506 e. The summed E-state index contributed by atoms with van der Waals surface area (Å²) >= 11 is 0. The quantitative estimate of drug-likeness (QED) is 0.628. The Bertz CT molecular complexity index is 230. The van der Waals surface area contributed by atoms with Gasteiger partial charge in [0.05, 0.1) is 6.61 Å². The maximum atomic E-state index is 5.58. The van der Waals surface area contributed by atoms with Crippen LogP contribution in [-0.2, 0) is 11.2 Å². The van der Waals surface area contributed by atoms with Crippen LogP contribution in [0.3, 0.4) is 0 Å². The second-order valence-electron chi connectivity index (χ2n) is 3.75. The zero-order valence-corrected chi connectivity index (χ0v) is 9.12. The van der Waals surface area contributed by atoms with Crippen molar-refractivity contribution in [2.24, 2.45) is 5.92 Å². The van der Waals surface area contributed by atoms with E-state index in [-0.39, 0.29) is 0 Å². The molecule has 1 heteroatoms. The van der Waals surface area contributed by atoms with Crippen LogP contribution in [0.25, 0.3) is 0 Å². The lowest BCUT2D eigenvalue weighted by Crippen LogP contribution is -2.07. The molecule has 0 aliphatic rings. The fourth-order valence-corrected chi connectivity index (χ4v) is 1.18. The largest absolute Gasteiger partial charge is 0.381 e. The maximum Gasteiger partial charge on any atom is 0.0506 e. The van der Waals surface area contributed by atoms with Crippen molar-refractivity contribution in [1.82, 2.24) is 0 Å². The Morgan fingerprint density at radius 3 is 2.71 bits per heavy atom. The molecular weight excluding hydrogens is 172 g/mol. The molecular formula is C13H19O. The molecule has 0 fully saturated rings. The fourth-order valence-electron chi connectivity index (χ4n) is 1.18. The highest BCUT2D eigenvalue weighted by atomic mass is 16.5. The van der Waals surface area contributed by atoms with E-state index in [0.717, 1.165) is 19.6 Å². The van der Waals surface area contributed by atoms with E-state index >= 15 is 0 Å².